The van der Waals surface area contributed by atoms with Crippen molar-refractivity contribution >= 4 is 0 Å². The average Bonchev–Trinajstić information content (AvgIpc) is 2.89. The van der Waals surface area contributed by atoms with E-state index in [1.807, 2.05) is 25.2 Å². The van der Waals surface area contributed by atoms with E-state index in [1.54, 1.807) is 0 Å². The molecule has 2 aromatic rings. The van der Waals surface area contributed by atoms with Gasteiger partial charge in [0.25, 0.3) is 0 Å². The summed E-state index contributed by atoms with van der Waals surface area (Å²) in [5, 5.41) is 6.37. The first-order valence-electron chi connectivity index (χ1n) is 6.36. The van der Waals surface area contributed by atoms with Crippen LogP contribution in [0.3, 0.4) is 0 Å². The van der Waals surface area contributed by atoms with Crippen molar-refractivity contribution in [3.8, 4) is 0 Å². The Morgan fingerprint density at radius 1 is 0.889 bits per heavy atom. The molecular weight excluding hydrogens is 220 g/mol. The predicted molar refractivity (Wildman–Crippen MR) is 76.2 cm³/mol. The van der Waals surface area contributed by atoms with Crippen LogP contribution in [0.2, 0.25) is 0 Å². The van der Waals surface area contributed by atoms with E-state index in [4.69, 9.17) is 0 Å². The van der Waals surface area contributed by atoms with Gasteiger partial charge < -0.3 is 10.6 Å². The second-order valence-electron chi connectivity index (χ2n) is 4.39. The molecule has 0 saturated heterocycles. The van der Waals surface area contributed by atoms with Gasteiger partial charge in [-0.3, -0.25) is 0 Å². The maximum absolute atomic E-state index is 3.29. The Kier molecular flexibility index (Phi) is 4.94. The molecule has 2 heteroatoms. The van der Waals surface area contributed by atoms with Crippen LogP contribution in [0.4, 0.5) is 0 Å². The summed E-state index contributed by atoms with van der Waals surface area (Å²) in [6.07, 6.45) is 0. The lowest BCUT2D eigenvalue weighted by molar-refractivity contribution is 0.765. The van der Waals surface area contributed by atoms with Crippen LogP contribution >= 0.6 is 0 Å². The predicted octanol–water partition coefficient (Wildman–Crippen LogP) is 2.70. The molecule has 94 valence electrons. The van der Waals surface area contributed by atoms with Gasteiger partial charge in [-0.1, -0.05) is 54.6 Å². The molecule has 0 fully saturated rings. The lowest BCUT2D eigenvalue weighted by Gasteiger charge is -1.95. The van der Waals surface area contributed by atoms with Gasteiger partial charge in [-0.25, -0.2) is 0 Å². The van der Waals surface area contributed by atoms with Gasteiger partial charge in [-0.2, -0.15) is 0 Å². The molecule has 2 aromatic carbocycles. The van der Waals surface area contributed by atoms with Crippen molar-refractivity contribution in [1.82, 2.24) is 10.6 Å². The Balaban J connectivity index is 0.000000134. The molecule has 0 atom stereocenters. The first-order chi connectivity index (χ1) is 8.90. The molecule has 0 unspecified atom stereocenters. The van der Waals surface area contributed by atoms with E-state index in [9.17, 15) is 0 Å². The minimum absolute atomic E-state index is 0.959. The summed E-state index contributed by atoms with van der Waals surface area (Å²) in [6.45, 7) is 3.06. The van der Waals surface area contributed by atoms with Crippen LogP contribution in [0.15, 0.2) is 54.6 Å². The van der Waals surface area contributed by atoms with Gasteiger partial charge in [0.15, 0.2) is 0 Å². The number of hydrogen-bond acceptors (Lipinski definition) is 2. The van der Waals surface area contributed by atoms with Crippen molar-refractivity contribution in [1.29, 1.82) is 0 Å². The quantitative estimate of drug-likeness (QED) is 0.843. The van der Waals surface area contributed by atoms with Gasteiger partial charge in [0, 0.05) is 19.6 Å². The molecule has 18 heavy (non-hydrogen) atoms. The topological polar surface area (TPSA) is 24.1 Å². The smallest absolute Gasteiger partial charge is 0.0211 e. The molecule has 2 nitrogen and oxygen atoms in total. The van der Waals surface area contributed by atoms with Gasteiger partial charge >= 0.3 is 0 Å². The van der Waals surface area contributed by atoms with E-state index in [1.165, 1.54) is 16.7 Å². The molecule has 0 aromatic heterocycles. The highest BCUT2D eigenvalue weighted by Gasteiger charge is 2.06. The number of rotatable bonds is 2. The van der Waals surface area contributed by atoms with Crippen molar-refractivity contribution in [3.63, 3.8) is 0 Å². The van der Waals surface area contributed by atoms with Crippen molar-refractivity contribution in [2.45, 2.75) is 19.6 Å². The molecule has 3 rings (SSSR count). The lowest BCUT2D eigenvalue weighted by Crippen LogP contribution is -2.04. The minimum Gasteiger partial charge on any atom is -0.316 e. The van der Waals surface area contributed by atoms with Crippen LogP contribution in [-0.2, 0) is 19.6 Å². The Labute approximate surface area is 109 Å². The maximum atomic E-state index is 3.29. The fraction of sp³-hybridized carbons (Fsp3) is 0.250. The molecule has 0 spiro atoms. The fourth-order valence-corrected chi connectivity index (χ4v) is 2.03. The van der Waals surface area contributed by atoms with Crippen molar-refractivity contribution in [3.05, 3.63) is 71.3 Å². The van der Waals surface area contributed by atoms with Crippen LogP contribution in [0.5, 0.6) is 0 Å². The molecule has 1 heterocycles. The van der Waals surface area contributed by atoms with E-state index < -0.39 is 0 Å². The summed E-state index contributed by atoms with van der Waals surface area (Å²) in [4.78, 5) is 0. The molecule has 1 aliphatic heterocycles. The highest BCUT2D eigenvalue weighted by Crippen LogP contribution is 2.12. The fourth-order valence-electron chi connectivity index (χ4n) is 2.03. The van der Waals surface area contributed by atoms with Crippen LogP contribution in [0.1, 0.15) is 16.7 Å². The Hall–Kier alpha value is -1.64. The van der Waals surface area contributed by atoms with E-state index in [-0.39, 0.29) is 0 Å². The summed E-state index contributed by atoms with van der Waals surface area (Å²) in [7, 11) is 1.95. The molecule has 0 bridgehead atoms. The van der Waals surface area contributed by atoms with Crippen molar-refractivity contribution < 1.29 is 0 Å². The number of nitrogens with one attached hydrogen (secondary N) is 2. The summed E-state index contributed by atoms with van der Waals surface area (Å²) >= 11 is 0. The summed E-state index contributed by atoms with van der Waals surface area (Å²) in [6, 6.07) is 18.9. The van der Waals surface area contributed by atoms with Crippen molar-refractivity contribution in [2.75, 3.05) is 7.05 Å². The van der Waals surface area contributed by atoms with Crippen LogP contribution in [0, 0.1) is 0 Å². The van der Waals surface area contributed by atoms with Crippen LogP contribution in [-0.4, -0.2) is 7.05 Å². The van der Waals surface area contributed by atoms with E-state index >= 15 is 0 Å². The number of fused-ring (bicyclic) bond motifs is 1. The standard InChI is InChI=1S/C8H9N.C8H11N/c1-2-4-8-6-9-5-7(8)3-1;1-9-7-8-5-3-2-4-6-8/h1-4,9H,5-6H2;2-6,9H,7H2,1H3. The second-order valence-corrected chi connectivity index (χ2v) is 4.39. The first-order valence-corrected chi connectivity index (χ1v) is 6.36. The molecule has 0 aliphatic carbocycles. The summed E-state index contributed by atoms with van der Waals surface area (Å²) in [5.41, 5.74) is 4.25. The average molecular weight is 240 g/mol. The zero-order valence-electron chi connectivity index (χ0n) is 10.8. The van der Waals surface area contributed by atoms with E-state index in [0.29, 0.717) is 0 Å². The number of hydrogen-bond donors (Lipinski definition) is 2. The highest BCUT2D eigenvalue weighted by atomic mass is 14.9. The van der Waals surface area contributed by atoms with Gasteiger partial charge in [0.1, 0.15) is 0 Å². The monoisotopic (exact) mass is 240 g/mol. The highest BCUT2D eigenvalue weighted by molar-refractivity contribution is 5.29. The number of benzene rings is 2. The van der Waals surface area contributed by atoms with Crippen molar-refractivity contribution in [2.24, 2.45) is 0 Å². The largest absolute Gasteiger partial charge is 0.316 e. The van der Waals surface area contributed by atoms with Gasteiger partial charge in [0.05, 0.1) is 0 Å². The van der Waals surface area contributed by atoms with E-state index in [0.717, 1.165) is 19.6 Å². The summed E-state index contributed by atoms with van der Waals surface area (Å²) in [5.74, 6) is 0. The van der Waals surface area contributed by atoms with Gasteiger partial charge in [0.2, 0.25) is 0 Å². The first kappa shape index (κ1) is 12.8. The lowest BCUT2D eigenvalue weighted by atomic mass is 10.1. The molecule has 0 saturated carbocycles. The minimum atomic E-state index is 0.959. The normalized spacial score (nSPS) is 12.5. The maximum Gasteiger partial charge on any atom is 0.0211 e. The molecule has 0 radical (unpaired) electrons. The van der Waals surface area contributed by atoms with Gasteiger partial charge in [-0.15, -0.1) is 0 Å². The third-order valence-electron chi connectivity index (χ3n) is 2.97. The third-order valence-corrected chi connectivity index (χ3v) is 2.97. The Morgan fingerprint density at radius 2 is 1.44 bits per heavy atom. The zero-order valence-corrected chi connectivity index (χ0v) is 10.8. The van der Waals surface area contributed by atoms with Crippen LogP contribution < -0.4 is 10.6 Å². The van der Waals surface area contributed by atoms with E-state index in [2.05, 4.69) is 47.0 Å². The SMILES string of the molecule is CNCc1ccccc1.c1ccc2c(c1)CNC2. The van der Waals surface area contributed by atoms with Crippen LogP contribution in [0.25, 0.3) is 0 Å². The molecule has 0 amide bonds. The molecule has 2 N–H and O–H groups in total. The Bertz CT molecular complexity index is 443. The molecule has 1 aliphatic rings. The Morgan fingerprint density at radius 3 is 2.00 bits per heavy atom. The second kappa shape index (κ2) is 6.94. The summed E-state index contributed by atoms with van der Waals surface area (Å²) < 4.78 is 0. The molecular formula is C16H20N2. The third kappa shape index (κ3) is 3.69. The van der Waals surface area contributed by atoms with Gasteiger partial charge in [-0.05, 0) is 23.7 Å². The zero-order chi connectivity index (χ0) is 12.6.